The number of unbranched alkanes of at least 4 members (excludes halogenated alkanes) is 1. The van der Waals surface area contributed by atoms with Gasteiger partial charge >= 0.3 is 0 Å². The Kier molecular flexibility index (Phi) is 8.33. The largest absolute Gasteiger partial charge is 0.103 e. The second-order valence-electron chi connectivity index (χ2n) is 5.39. The lowest BCUT2D eigenvalue weighted by Gasteiger charge is -2.23. The van der Waals surface area contributed by atoms with Crippen LogP contribution in [0.1, 0.15) is 66.7 Å². The van der Waals surface area contributed by atoms with Gasteiger partial charge in [0.2, 0.25) is 0 Å². The van der Waals surface area contributed by atoms with Crippen LogP contribution in [0.3, 0.4) is 0 Å². The normalized spacial score (nSPS) is 14.3. The van der Waals surface area contributed by atoms with Gasteiger partial charge in [-0.2, -0.15) is 0 Å². The van der Waals surface area contributed by atoms with Crippen molar-refractivity contribution in [1.82, 2.24) is 0 Å². The van der Waals surface area contributed by atoms with E-state index in [4.69, 9.17) is 0 Å². The molecule has 0 aliphatic rings. The molecule has 0 nitrogen and oxygen atoms in total. The Hall–Kier alpha value is -0.520. The molecule has 0 spiro atoms. The molecule has 0 aromatic carbocycles. The van der Waals surface area contributed by atoms with Crippen LogP contribution < -0.4 is 0 Å². The van der Waals surface area contributed by atoms with E-state index in [0.29, 0.717) is 0 Å². The van der Waals surface area contributed by atoms with Gasteiger partial charge < -0.3 is 0 Å². The minimum absolute atomic E-state index is 0.791. The van der Waals surface area contributed by atoms with Gasteiger partial charge in [-0.15, -0.1) is 6.58 Å². The van der Waals surface area contributed by atoms with Crippen LogP contribution in [0.2, 0.25) is 0 Å². The summed E-state index contributed by atoms with van der Waals surface area (Å²) in [6, 6.07) is 0. The second kappa shape index (κ2) is 8.61. The van der Waals surface area contributed by atoms with Crippen LogP contribution in [0.4, 0.5) is 0 Å². The summed E-state index contributed by atoms with van der Waals surface area (Å²) in [6.45, 7) is 15.3. The third-order valence-electron chi connectivity index (χ3n) is 3.68. The van der Waals surface area contributed by atoms with E-state index in [1.807, 2.05) is 0 Å². The Morgan fingerprint density at radius 3 is 2.31 bits per heavy atom. The van der Waals surface area contributed by atoms with Gasteiger partial charge in [-0.1, -0.05) is 43.9 Å². The van der Waals surface area contributed by atoms with Crippen LogP contribution in [-0.2, 0) is 0 Å². The lowest BCUT2D eigenvalue weighted by Crippen LogP contribution is -2.12. The van der Waals surface area contributed by atoms with Crippen LogP contribution in [-0.4, -0.2) is 0 Å². The zero-order valence-corrected chi connectivity index (χ0v) is 12.0. The van der Waals surface area contributed by atoms with Crippen molar-refractivity contribution in [3.05, 3.63) is 23.8 Å². The summed E-state index contributed by atoms with van der Waals surface area (Å²) in [5.74, 6) is 1.62. The molecule has 0 fully saturated rings. The highest BCUT2D eigenvalue weighted by molar-refractivity contribution is 5.07. The van der Waals surface area contributed by atoms with Crippen LogP contribution in [0.15, 0.2) is 23.8 Å². The molecule has 0 N–H and O–H groups in total. The van der Waals surface area contributed by atoms with Gasteiger partial charge in [-0.05, 0) is 51.9 Å². The van der Waals surface area contributed by atoms with Gasteiger partial charge in [0.25, 0.3) is 0 Å². The monoisotopic (exact) mass is 222 g/mol. The fourth-order valence-electron chi connectivity index (χ4n) is 2.17. The maximum absolute atomic E-state index is 3.89. The molecule has 0 heterocycles. The van der Waals surface area contributed by atoms with E-state index < -0.39 is 0 Å². The molecule has 0 amide bonds. The van der Waals surface area contributed by atoms with E-state index in [0.717, 1.165) is 11.8 Å². The lowest BCUT2D eigenvalue weighted by molar-refractivity contribution is 0.327. The zero-order chi connectivity index (χ0) is 12.6. The van der Waals surface area contributed by atoms with Crippen molar-refractivity contribution >= 4 is 0 Å². The number of allylic oxidation sites excluding steroid dienone is 3. The molecular weight excluding hydrogens is 192 g/mol. The molecule has 0 saturated carbocycles. The molecule has 0 saturated heterocycles. The molecule has 0 radical (unpaired) electrons. The lowest BCUT2D eigenvalue weighted by atomic mass is 9.82. The minimum atomic E-state index is 0.791. The Morgan fingerprint density at radius 1 is 1.25 bits per heavy atom. The van der Waals surface area contributed by atoms with E-state index >= 15 is 0 Å². The second-order valence-corrected chi connectivity index (χ2v) is 5.39. The smallest absolute Gasteiger partial charge is 0.0292 e. The quantitative estimate of drug-likeness (QED) is 0.459. The van der Waals surface area contributed by atoms with Crippen LogP contribution in [0, 0.1) is 11.8 Å². The van der Waals surface area contributed by atoms with Crippen LogP contribution >= 0.6 is 0 Å². The molecule has 2 unspecified atom stereocenters. The van der Waals surface area contributed by atoms with Gasteiger partial charge in [0.15, 0.2) is 0 Å². The van der Waals surface area contributed by atoms with Gasteiger partial charge in [-0.25, -0.2) is 0 Å². The van der Waals surface area contributed by atoms with Crippen LogP contribution in [0.25, 0.3) is 0 Å². The van der Waals surface area contributed by atoms with Crippen molar-refractivity contribution in [3.8, 4) is 0 Å². The first-order valence-corrected chi connectivity index (χ1v) is 6.76. The highest BCUT2D eigenvalue weighted by atomic mass is 14.2. The Bertz CT molecular complexity index is 218. The summed E-state index contributed by atoms with van der Waals surface area (Å²) in [7, 11) is 0. The first kappa shape index (κ1) is 15.5. The van der Waals surface area contributed by atoms with Crippen molar-refractivity contribution in [3.63, 3.8) is 0 Å². The summed E-state index contributed by atoms with van der Waals surface area (Å²) >= 11 is 0. The molecule has 0 heteroatoms. The zero-order valence-electron chi connectivity index (χ0n) is 12.0. The van der Waals surface area contributed by atoms with Crippen molar-refractivity contribution in [2.24, 2.45) is 11.8 Å². The summed E-state index contributed by atoms with van der Waals surface area (Å²) in [6.07, 6.45) is 8.55. The van der Waals surface area contributed by atoms with E-state index in [-0.39, 0.29) is 0 Å². The summed E-state index contributed by atoms with van der Waals surface area (Å²) in [5, 5.41) is 0. The number of hydrogen-bond donors (Lipinski definition) is 0. The van der Waals surface area contributed by atoms with E-state index in [9.17, 15) is 0 Å². The van der Waals surface area contributed by atoms with E-state index in [2.05, 4.69) is 47.3 Å². The molecule has 0 rings (SSSR count). The average molecular weight is 222 g/mol. The molecule has 0 aromatic heterocycles. The van der Waals surface area contributed by atoms with E-state index in [1.165, 1.54) is 37.7 Å². The first-order valence-electron chi connectivity index (χ1n) is 6.76. The highest BCUT2D eigenvalue weighted by Gasteiger charge is 2.16. The third kappa shape index (κ3) is 6.15. The summed E-state index contributed by atoms with van der Waals surface area (Å²) in [4.78, 5) is 0. The molecule has 0 aliphatic heterocycles. The maximum Gasteiger partial charge on any atom is -0.0292 e. The predicted octanol–water partition coefficient (Wildman–Crippen LogP) is 5.75. The van der Waals surface area contributed by atoms with Crippen molar-refractivity contribution < 1.29 is 0 Å². The Labute approximate surface area is 103 Å². The SMILES string of the molecule is C=CCC(CCCC)C(C)CC(C)=C(C)C. The topological polar surface area (TPSA) is 0 Å². The van der Waals surface area contributed by atoms with E-state index in [1.54, 1.807) is 5.57 Å². The summed E-state index contributed by atoms with van der Waals surface area (Å²) in [5.41, 5.74) is 3.05. The van der Waals surface area contributed by atoms with Crippen LogP contribution in [0.5, 0.6) is 0 Å². The maximum atomic E-state index is 3.89. The fraction of sp³-hybridized carbons (Fsp3) is 0.750. The summed E-state index contributed by atoms with van der Waals surface area (Å²) < 4.78 is 0. The fourth-order valence-corrected chi connectivity index (χ4v) is 2.17. The molecule has 0 bridgehead atoms. The van der Waals surface area contributed by atoms with Gasteiger partial charge in [0.1, 0.15) is 0 Å². The van der Waals surface area contributed by atoms with Gasteiger partial charge in [0.05, 0.1) is 0 Å². The molecule has 0 aliphatic carbocycles. The first-order chi connectivity index (χ1) is 7.52. The predicted molar refractivity (Wildman–Crippen MR) is 75.7 cm³/mol. The Morgan fingerprint density at radius 2 is 1.88 bits per heavy atom. The van der Waals surface area contributed by atoms with Crippen molar-refractivity contribution in [2.75, 3.05) is 0 Å². The highest BCUT2D eigenvalue weighted by Crippen LogP contribution is 2.28. The van der Waals surface area contributed by atoms with Crippen molar-refractivity contribution in [2.45, 2.75) is 66.7 Å². The third-order valence-corrected chi connectivity index (χ3v) is 3.68. The minimum Gasteiger partial charge on any atom is -0.103 e. The van der Waals surface area contributed by atoms with Gasteiger partial charge in [0, 0.05) is 0 Å². The number of hydrogen-bond acceptors (Lipinski definition) is 0. The molecule has 0 aromatic rings. The number of rotatable bonds is 8. The standard InChI is InChI=1S/C16H30/c1-7-9-11-16(10-8-2)15(6)12-14(5)13(3)4/h8,15-16H,2,7,9-12H2,1,3-6H3. The van der Waals surface area contributed by atoms with Crippen molar-refractivity contribution in [1.29, 1.82) is 0 Å². The Balaban J connectivity index is 4.31. The molecule has 94 valence electrons. The molecule has 16 heavy (non-hydrogen) atoms. The molecular formula is C16H30. The average Bonchev–Trinajstić information content (AvgIpc) is 2.23. The molecule has 2 atom stereocenters. The van der Waals surface area contributed by atoms with Gasteiger partial charge in [-0.3, -0.25) is 0 Å².